The highest BCUT2D eigenvalue weighted by molar-refractivity contribution is 6.28. The molecule has 0 unspecified atom stereocenters. The number of nitrogens with one attached hydrogen (secondary N) is 1. The Morgan fingerprint density at radius 2 is 1.94 bits per heavy atom. The van der Waals surface area contributed by atoms with Gasteiger partial charge in [-0.25, -0.2) is 9.37 Å². The highest BCUT2D eigenvalue weighted by Gasteiger charge is 2.12. The van der Waals surface area contributed by atoms with Crippen LogP contribution in [-0.2, 0) is 0 Å². The minimum absolute atomic E-state index is 0.0956. The molecule has 17 heavy (non-hydrogen) atoms. The van der Waals surface area contributed by atoms with Crippen molar-refractivity contribution in [3.63, 3.8) is 0 Å². The summed E-state index contributed by atoms with van der Waals surface area (Å²) >= 11 is 5.82. The van der Waals surface area contributed by atoms with Gasteiger partial charge in [-0.05, 0) is 29.8 Å². The molecule has 0 amide bonds. The lowest BCUT2D eigenvalue weighted by atomic mass is 10.1. The summed E-state index contributed by atoms with van der Waals surface area (Å²) in [5.74, 6) is -0.329. The Bertz CT molecular complexity index is 693. The molecule has 3 rings (SSSR count). The lowest BCUT2D eigenvalue weighted by molar-refractivity contribution is 0.631. The molecule has 0 radical (unpaired) electrons. The van der Waals surface area contributed by atoms with Gasteiger partial charge in [-0.3, -0.25) is 0 Å². The Labute approximate surface area is 101 Å². The molecule has 0 aliphatic heterocycles. The lowest BCUT2D eigenvalue weighted by Gasteiger charge is -2.04. The summed E-state index contributed by atoms with van der Waals surface area (Å²) in [4.78, 5) is 11.1. The molecule has 1 aromatic carbocycles. The SMILES string of the molecule is Fc1ccccc1-c1nc(Cl)nc2[nH]ccc12. The van der Waals surface area contributed by atoms with Gasteiger partial charge in [0, 0.05) is 17.1 Å². The van der Waals surface area contributed by atoms with Gasteiger partial charge >= 0.3 is 0 Å². The van der Waals surface area contributed by atoms with E-state index in [1.165, 1.54) is 6.07 Å². The minimum atomic E-state index is -0.329. The van der Waals surface area contributed by atoms with Crippen LogP contribution in [0.2, 0.25) is 5.28 Å². The van der Waals surface area contributed by atoms with Crippen LogP contribution in [0.4, 0.5) is 4.39 Å². The second kappa shape index (κ2) is 3.82. The molecule has 2 heterocycles. The van der Waals surface area contributed by atoms with E-state index in [4.69, 9.17) is 11.6 Å². The summed E-state index contributed by atoms with van der Waals surface area (Å²) in [5, 5.41) is 0.845. The molecule has 3 nitrogen and oxygen atoms in total. The van der Waals surface area contributed by atoms with E-state index in [2.05, 4.69) is 15.0 Å². The summed E-state index contributed by atoms with van der Waals surface area (Å²) in [5.41, 5.74) is 1.52. The highest BCUT2D eigenvalue weighted by atomic mass is 35.5. The average molecular weight is 248 g/mol. The quantitative estimate of drug-likeness (QED) is 0.670. The van der Waals surface area contributed by atoms with E-state index in [0.29, 0.717) is 16.9 Å². The molecule has 0 aliphatic carbocycles. The number of rotatable bonds is 1. The van der Waals surface area contributed by atoms with Crippen LogP contribution in [0.3, 0.4) is 0 Å². The molecule has 0 atom stereocenters. The Kier molecular flexibility index (Phi) is 2.30. The summed E-state index contributed by atoms with van der Waals surface area (Å²) in [6, 6.07) is 8.25. The van der Waals surface area contributed by atoms with Crippen molar-refractivity contribution in [2.45, 2.75) is 0 Å². The van der Waals surface area contributed by atoms with Crippen molar-refractivity contribution in [3.05, 3.63) is 47.6 Å². The second-order valence-electron chi connectivity index (χ2n) is 3.56. The van der Waals surface area contributed by atoms with Crippen LogP contribution in [0.15, 0.2) is 36.5 Å². The van der Waals surface area contributed by atoms with Crippen molar-refractivity contribution in [3.8, 4) is 11.3 Å². The number of H-pyrrole nitrogens is 1. The largest absolute Gasteiger partial charge is 0.346 e. The molecule has 0 aliphatic rings. The zero-order chi connectivity index (χ0) is 11.8. The molecule has 0 saturated heterocycles. The average Bonchev–Trinajstić information content (AvgIpc) is 2.76. The summed E-state index contributed by atoms with van der Waals surface area (Å²) in [6.07, 6.45) is 1.72. The predicted octanol–water partition coefficient (Wildman–Crippen LogP) is 3.42. The van der Waals surface area contributed by atoms with Gasteiger partial charge in [-0.15, -0.1) is 0 Å². The van der Waals surface area contributed by atoms with E-state index in [0.717, 1.165) is 5.39 Å². The number of hydrogen-bond acceptors (Lipinski definition) is 2. The second-order valence-corrected chi connectivity index (χ2v) is 3.90. The standard InChI is InChI=1S/C12H7ClFN3/c13-12-16-10(7-3-1-2-4-9(7)14)8-5-6-15-11(8)17-12/h1-6H,(H,15,16,17). The fraction of sp³-hybridized carbons (Fsp3) is 0. The monoisotopic (exact) mass is 247 g/mol. The van der Waals surface area contributed by atoms with Crippen LogP contribution in [0.5, 0.6) is 0 Å². The molecule has 84 valence electrons. The normalized spacial score (nSPS) is 10.9. The number of benzene rings is 1. The van der Waals surface area contributed by atoms with E-state index in [1.807, 2.05) is 0 Å². The van der Waals surface area contributed by atoms with Crippen LogP contribution in [0, 0.1) is 5.82 Å². The van der Waals surface area contributed by atoms with Crippen molar-refractivity contribution >= 4 is 22.6 Å². The zero-order valence-corrected chi connectivity index (χ0v) is 9.37. The van der Waals surface area contributed by atoms with Crippen molar-refractivity contribution in [1.29, 1.82) is 0 Å². The molecular weight excluding hydrogens is 241 g/mol. The van der Waals surface area contributed by atoms with Gasteiger partial charge in [-0.1, -0.05) is 12.1 Å². The Morgan fingerprint density at radius 3 is 2.76 bits per heavy atom. The molecule has 0 bridgehead atoms. The van der Waals surface area contributed by atoms with Crippen LogP contribution in [0.25, 0.3) is 22.3 Å². The molecule has 0 saturated carbocycles. The molecule has 2 aromatic heterocycles. The van der Waals surface area contributed by atoms with Crippen molar-refractivity contribution in [1.82, 2.24) is 15.0 Å². The maximum atomic E-state index is 13.7. The third kappa shape index (κ3) is 1.66. The van der Waals surface area contributed by atoms with E-state index in [9.17, 15) is 4.39 Å². The topological polar surface area (TPSA) is 41.6 Å². The first-order valence-corrected chi connectivity index (χ1v) is 5.39. The van der Waals surface area contributed by atoms with Gasteiger partial charge in [0.1, 0.15) is 11.5 Å². The number of nitrogens with zero attached hydrogens (tertiary/aromatic N) is 2. The van der Waals surface area contributed by atoms with Crippen LogP contribution < -0.4 is 0 Å². The predicted molar refractivity (Wildman–Crippen MR) is 64.3 cm³/mol. The third-order valence-corrected chi connectivity index (χ3v) is 2.69. The molecule has 0 fully saturated rings. The third-order valence-electron chi connectivity index (χ3n) is 2.52. The summed E-state index contributed by atoms with van der Waals surface area (Å²) in [7, 11) is 0. The number of halogens is 2. The Balaban J connectivity index is 2.37. The smallest absolute Gasteiger partial charge is 0.224 e. The van der Waals surface area contributed by atoms with Crippen molar-refractivity contribution < 1.29 is 4.39 Å². The first kappa shape index (κ1) is 10.2. The fourth-order valence-electron chi connectivity index (χ4n) is 1.77. The lowest BCUT2D eigenvalue weighted by Crippen LogP contribution is -1.92. The van der Waals surface area contributed by atoms with Crippen LogP contribution >= 0.6 is 11.6 Å². The van der Waals surface area contributed by atoms with Gasteiger partial charge in [-0.2, -0.15) is 4.98 Å². The summed E-state index contributed by atoms with van der Waals surface area (Å²) < 4.78 is 13.7. The van der Waals surface area contributed by atoms with Gasteiger partial charge in [0.25, 0.3) is 0 Å². The molecular formula is C12H7ClFN3. The van der Waals surface area contributed by atoms with Gasteiger partial charge in [0.2, 0.25) is 5.28 Å². The van der Waals surface area contributed by atoms with E-state index < -0.39 is 0 Å². The van der Waals surface area contributed by atoms with E-state index in [-0.39, 0.29) is 11.1 Å². The fourth-order valence-corrected chi connectivity index (χ4v) is 1.94. The first-order valence-electron chi connectivity index (χ1n) is 5.01. The number of aromatic nitrogens is 3. The van der Waals surface area contributed by atoms with E-state index >= 15 is 0 Å². The van der Waals surface area contributed by atoms with Crippen LogP contribution in [-0.4, -0.2) is 15.0 Å². The molecule has 1 N–H and O–H groups in total. The maximum Gasteiger partial charge on any atom is 0.224 e. The van der Waals surface area contributed by atoms with Gasteiger partial charge in [0.15, 0.2) is 0 Å². The summed E-state index contributed by atoms with van der Waals surface area (Å²) in [6.45, 7) is 0. The Hall–Kier alpha value is -1.94. The Morgan fingerprint density at radius 1 is 1.12 bits per heavy atom. The van der Waals surface area contributed by atoms with Gasteiger partial charge < -0.3 is 4.98 Å². The molecule has 5 heteroatoms. The zero-order valence-electron chi connectivity index (χ0n) is 8.61. The maximum absolute atomic E-state index is 13.7. The highest BCUT2D eigenvalue weighted by Crippen LogP contribution is 2.28. The number of fused-ring (bicyclic) bond motifs is 1. The van der Waals surface area contributed by atoms with Crippen LogP contribution in [0.1, 0.15) is 0 Å². The molecule has 3 aromatic rings. The van der Waals surface area contributed by atoms with Crippen molar-refractivity contribution in [2.24, 2.45) is 0 Å². The first-order chi connectivity index (χ1) is 8.25. The number of aromatic amines is 1. The molecule has 0 spiro atoms. The van der Waals surface area contributed by atoms with Gasteiger partial charge in [0.05, 0.1) is 5.69 Å². The van der Waals surface area contributed by atoms with E-state index in [1.54, 1.807) is 30.5 Å². The minimum Gasteiger partial charge on any atom is -0.346 e. The number of hydrogen-bond donors (Lipinski definition) is 1. The van der Waals surface area contributed by atoms with Crippen molar-refractivity contribution in [2.75, 3.05) is 0 Å².